The van der Waals surface area contributed by atoms with Gasteiger partial charge in [0.1, 0.15) is 5.82 Å². The number of carbonyl (C=O) groups excluding carboxylic acids is 1. The van der Waals surface area contributed by atoms with Crippen LogP contribution in [0.15, 0.2) is 48.5 Å². The number of benzene rings is 2. The van der Waals surface area contributed by atoms with Gasteiger partial charge in [0.25, 0.3) is 0 Å². The lowest BCUT2D eigenvalue weighted by molar-refractivity contribution is -0.116. The normalized spacial score (nSPS) is 15.5. The van der Waals surface area contributed by atoms with Gasteiger partial charge in [0.05, 0.1) is 28.3 Å². The predicted octanol–water partition coefficient (Wildman–Crippen LogP) is 5.34. The van der Waals surface area contributed by atoms with Gasteiger partial charge in [0, 0.05) is 13.0 Å². The minimum atomic E-state index is 0.0437. The Hall–Kier alpha value is -2.37. The monoisotopic (exact) mass is 424 g/mol. The van der Waals surface area contributed by atoms with Crippen LogP contribution in [0.5, 0.6) is 0 Å². The number of nitrogens with zero attached hydrogens (tertiary/aromatic N) is 3. The van der Waals surface area contributed by atoms with E-state index in [9.17, 15) is 4.79 Å². The highest BCUT2D eigenvalue weighted by Crippen LogP contribution is 2.25. The van der Waals surface area contributed by atoms with E-state index < -0.39 is 0 Å². The molecule has 1 saturated heterocycles. The Morgan fingerprint density at radius 2 is 1.87 bits per heavy atom. The lowest BCUT2D eigenvalue weighted by Crippen LogP contribution is -2.34. The van der Waals surface area contributed by atoms with Crippen molar-refractivity contribution in [2.75, 3.05) is 18.4 Å². The number of rotatable bonds is 7. The SMILES string of the molecule is CCn1c(CN2CCC(CCC(=O)Nc3ccccc3Cl)CC2)nc2ccccc21. The summed E-state index contributed by atoms with van der Waals surface area (Å²) in [5, 5.41) is 3.51. The number of aryl methyl sites for hydroxylation is 1. The van der Waals surface area contributed by atoms with E-state index in [4.69, 9.17) is 16.6 Å². The van der Waals surface area contributed by atoms with Crippen molar-refractivity contribution in [3.63, 3.8) is 0 Å². The lowest BCUT2D eigenvalue weighted by Gasteiger charge is -2.31. The van der Waals surface area contributed by atoms with E-state index in [1.165, 1.54) is 5.52 Å². The van der Waals surface area contributed by atoms with Crippen molar-refractivity contribution in [3.8, 4) is 0 Å². The van der Waals surface area contributed by atoms with Crippen LogP contribution >= 0.6 is 11.6 Å². The number of imidazole rings is 1. The van der Waals surface area contributed by atoms with E-state index in [2.05, 4.69) is 39.9 Å². The summed E-state index contributed by atoms with van der Waals surface area (Å²) in [4.78, 5) is 19.6. The molecule has 0 radical (unpaired) electrons. The Balaban J connectivity index is 1.25. The van der Waals surface area contributed by atoms with Crippen molar-refractivity contribution in [3.05, 3.63) is 59.4 Å². The second kappa shape index (κ2) is 9.63. The van der Waals surface area contributed by atoms with Gasteiger partial charge < -0.3 is 9.88 Å². The molecule has 30 heavy (non-hydrogen) atoms. The minimum Gasteiger partial charge on any atom is -0.327 e. The first kappa shape index (κ1) is 20.9. The van der Waals surface area contributed by atoms with Crippen molar-refractivity contribution < 1.29 is 4.79 Å². The maximum Gasteiger partial charge on any atom is 0.224 e. The number of hydrogen-bond acceptors (Lipinski definition) is 3. The smallest absolute Gasteiger partial charge is 0.224 e. The van der Waals surface area contributed by atoms with Crippen LogP contribution in [0.25, 0.3) is 11.0 Å². The molecule has 0 atom stereocenters. The fraction of sp³-hybridized carbons (Fsp3) is 0.417. The summed E-state index contributed by atoms with van der Waals surface area (Å²) in [5.41, 5.74) is 2.99. The molecule has 1 amide bonds. The molecule has 0 aliphatic carbocycles. The first-order chi connectivity index (χ1) is 14.6. The summed E-state index contributed by atoms with van der Waals surface area (Å²) in [6.07, 6.45) is 3.73. The zero-order valence-corrected chi connectivity index (χ0v) is 18.2. The molecule has 158 valence electrons. The standard InChI is InChI=1S/C24H29ClN4O/c1-2-29-22-10-6-5-9-21(22)26-23(29)17-28-15-13-18(14-16-28)11-12-24(30)27-20-8-4-3-7-19(20)25/h3-10,18H,2,11-17H2,1H3,(H,27,30). The predicted molar refractivity (Wildman–Crippen MR) is 123 cm³/mol. The average Bonchev–Trinajstić information content (AvgIpc) is 3.12. The first-order valence-corrected chi connectivity index (χ1v) is 11.2. The van der Waals surface area contributed by atoms with E-state index in [1.807, 2.05) is 24.3 Å². The molecule has 2 heterocycles. The van der Waals surface area contributed by atoms with Gasteiger partial charge >= 0.3 is 0 Å². The molecule has 0 spiro atoms. The van der Waals surface area contributed by atoms with Gasteiger partial charge in [-0.2, -0.15) is 0 Å². The molecular formula is C24H29ClN4O. The van der Waals surface area contributed by atoms with Gasteiger partial charge in [-0.05, 0) is 69.5 Å². The molecule has 4 rings (SSSR count). The molecule has 6 heteroatoms. The number of aromatic nitrogens is 2. The van der Waals surface area contributed by atoms with Crippen molar-refractivity contribution >= 4 is 34.2 Å². The molecule has 1 aromatic heterocycles. The summed E-state index contributed by atoms with van der Waals surface area (Å²) in [6.45, 7) is 6.13. The zero-order chi connectivity index (χ0) is 20.9. The molecule has 2 aromatic carbocycles. The van der Waals surface area contributed by atoms with Crippen LogP contribution in [0.4, 0.5) is 5.69 Å². The van der Waals surface area contributed by atoms with Crippen LogP contribution in [0.3, 0.4) is 0 Å². The molecule has 0 unspecified atom stereocenters. The molecule has 1 N–H and O–H groups in total. The van der Waals surface area contributed by atoms with Gasteiger partial charge in [0.2, 0.25) is 5.91 Å². The van der Waals surface area contributed by atoms with Gasteiger partial charge in [-0.3, -0.25) is 9.69 Å². The Bertz CT molecular complexity index is 1010. The summed E-state index contributed by atoms with van der Waals surface area (Å²) in [7, 11) is 0. The van der Waals surface area contributed by atoms with Gasteiger partial charge in [-0.25, -0.2) is 4.98 Å². The second-order valence-electron chi connectivity index (χ2n) is 8.05. The number of likely N-dealkylation sites (tertiary alicyclic amines) is 1. The minimum absolute atomic E-state index is 0.0437. The third-order valence-electron chi connectivity index (χ3n) is 6.05. The van der Waals surface area contributed by atoms with Gasteiger partial charge in [-0.1, -0.05) is 35.9 Å². The summed E-state index contributed by atoms with van der Waals surface area (Å²) >= 11 is 6.12. The van der Waals surface area contributed by atoms with Crippen LogP contribution in [0, 0.1) is 5.92 Å². The Morgan fingerprint density at radius 1 is 1.13 bits per heavy atom. The number of nitrogens with one attached hydrogen (secondary N) is 1. The number of para-hydroxylation sites is 3. The number of hydrogen-bond donors (Lipinski definition) is 1. The van der Waals surface area contributed by atoms with E-state index in [0.29, 0.717) is 23.0 Å². The third kappa shape index (κ3) is 4.85. The Morgan fingerprint density at radius 3 is 2.63 bits per heavy atom. The highest BCUT2D eigenvalue weighted by molar-refractivity contribution is 6.33. The molecule has 3 aromatic rings. The maximum absolute atomic E-state index is 12.3. The highest BCUT2D eigenvalue weighted by Gasteiger charge is 2.22. The van der Waals surface area contributed by atoms with Gasteiger partial charge in [-0.15, -0.1) is 0 Å². The molecule has 5 nitrogen and oxygen atoms in total. The number of carbonyl (C=O) groups is 1. The Kier molecular flexibility index (Phi) is 6.70. The number of piperidine rings is 1. The highest BCUT2D eigenvalue weighted by atomic mass is 35.5. The van der Waals surface area contributed by atoms with E-state index >= 15 is 0 Å². The fourth-order valence-electron chi connectivity index (χ4n) is 4.34. The van der Waals surface area contributed by atoms with Crippen molar-refractivity contribution in [2.24, 2.45) is 5.92 Å². The van der Waals surface area contributed by atoms with E-state index in [0.717, 1.165) is 56.8 Å². The van der Waals surface area contributed by atoms with Crippen LogP contribution in [-0.4, -0.2) is 33.4 Å². The average molecular weight is 425 g/mol. The molecule has 1 aliphatic heterocycles. The molecule has 1 fully saturated rings. The first-order valence-electron chi connectivity index (χ1n) is 10.8. The number of amides is 1. The van der Waals surface area contributed by atoms with Crippen molar-refractivity contribution in [1.29, 1.82) is 0 Å². The van der Waals surface area contributed by atoms with E-state index in [1.54, 1.807) is 6.07 Å². The second-order valence-corrected chi connectivity index (χ2v) is 8.45. The third-order valence-corrected chi connectivity index (χ3v) is 6.38. The van der Waals surface area contributed by atoms with Crippen molar-refractivity contribution in [2.45, 2.75) is 45.7 Å². The zero-order valence-electron chi connectivity index (χ0n) is 17.5. The number of halogens is 1. The maximum atomic E-state index is 12.3. The van der Waals surface area contributed by atoms with E-state index in [-0.39, 0.29) is 5.91 Å². The van der Waals surface area contributed by atoms with Crippen LogP contribution < -0.4 is 5.32 Å². The topological polar surface area (TPSA) is 50.2 Å². The van der Waals surface area contributed by atoms with Crippen molar-refractivity contribution in [1.82, 2.24) is 14.5 Å². The molecule has 0 bridgehead atoms. The lowest BCUT2D eigenvalue weighted by atomic mass is 9.92. The largest absolute Gasteiger partial charge is 0.327 e. The summed E-state index contributed by atoms with van der Waals surface area (Å²) in [5.74, 6) is 1.79. The number of fused-ring (bicyclic) bond motifs is 1. The summed E-state index contributed by atoms with van der Waals surface area (Å²) < 4.78 is 2.32. The van der Waals surface area contributed by atoms with Gasteiger partial charge in [0.15, 0.2) is 0 Å². The van der Waals surface area contributed by atoms with Crippen LogP contribution in [-0.2, 0) is 17.9 Å². The number of anilines is 1. The fourth-order valence-corrected chi connectivity index (χ4v) is 4.53. The summed E-state index contributed by atoms with van der Waals surface area (Å²) in [6, 6.07) is 15.7. The molecular weight excluding hydrogens is 396 g/mol. The van der Waals surface area contributed by atoms with Crippen LogP contribution in [0.1, 0.15) is 38.4 Å². The van der Waals surface area contributed by atoms with Crippen LogP contribution in [0.2, 0.25) is 5.02 Å². The molecule has 0 saturated carbocycles. The molecule has 1 aliphatic rings. The Labute approximate surface area is 183 Å². The quantitative estimate of drug-likeness (QED) is 0.556.